The Morgan fingerprint density at radius 3 is 0.375 bits per heavy atom. The van der Waals surface area contributed by atoms with E-state index in [1.54, 1.807) is 56.9 Å². The van der Waals surface area contributed by atoms with Crippen LogP contribution in [0.25, 0.3) is 0 Å². The van der Waals surface area contributed by atoms with Crippen LogP contribution < -0.4 is 80.4 Å². The summed E-state index contributed by atoms with van der Waals surface area (Å²) in [6, 6.07) is 70.4. The molecule has 0 amide bonds. The van der Waals surface area contributed by atoms with Crippen LogP contribution in [0.4, 0.5) is 0 Å². The predicted octanol–water partition coefficient (Wildman–Crippen LogP) is 20.2. The first-order valence-corrected chi connectivity index (χ1v) is 54.9. The second-order valence-electron chi connectivity index (χ2n) is 41.7. The van der Waals surface area contributed by atoms with E-state index < -0.39 is 98.2 Å². The molecule has 784 valence electrons. The van der Waals surface area contributed by atoms with Gasteiger partial charge in [0.25, 0.3) is 0 Å². The van der Waals surface area contributed by atoms with E-state index in [-0.39, 0.29) is 94.7 Å². The fourth-order valence-corrected chi connectivity index (χ4v) is 26.9. The van der Waals surface area contributed by atoms with Crippen molar-refractivity contribution in [1.82, 2.24) is 42.5 Å². The lowest BCUT2D eigenvalue weighted by molar-refractivity contribution is -0.137. The molecule has 9 aliphatic rings. The number of hydrogen-bond acceptors (Lipinski definition) is 24. The monoisotopic (exact) mass is 1980 g/mol. The molecule has 24 heteroatoms. The van der Waals surface area contributed by atoms with Crippen molar-refractivity contribution in [3.8, 4) is 46.0 Å². The Balaban J connectivity index is 0.986. The van der Waals surface area contributed by atoms with Crippen LogP contribution in [0.5, 0.6) is 46.0 Å². The van der Waals surface area contributed by atoms with Crippen LogP contribution in [0.15, 0.2) is 194 Å². The average Bonchev–Trinajstić information content (AvgIpc) is 1.54. The molecule has 24 nitrogen and oxygen atoms in total. The van der Waals surface area contributed by atoms with Gasteiger partial charge in [-0.2, -0.15) is 0 Å². The molecule has 24 unspecified atom stereocenters. The molecule has 5 aliphatic heterocycles. The minimum Gasteiger partial charge on any atom is -0.497 e. The number of fused-ring (bicyclic) bond motifs is 20. The molecular weight excluding hydrogens is 1810 g/mol. The highest BCUT2D eigenvalue weighted by atomic mass is 16.5. The van der Waals surface area contributed by atoms with Gasteiger partial charge in [-0.05, 0) is 193 Å². The summed E-state index contributed by atoms with van der Waals surface area (Å²) < 4.78 is 117. The fraction of sp³-hybridized carbons (Fsp3) is 0.600. The van der Waals surface area contributed by atoms with Crippen LogP contribution in [0, 0.1) is 47.3 Å². The van der Waals surface area contributed by atoms with Crippen LogP contribution in [-0.4, -0.2) is 208 Å². The molecule has 4 saturated carbocycles. The topological polar surface area (TPSA) is 244 Å². The molecule has 5 heterocycles. The van der Waals surface area contributed by atoms with Crippen molar-refractivity contribution in [3.63, 3.8) is 0 Å². The van der Waals surface area contributed by atoms with Crippen molar-refractivity contribution < 1.29 is 75.8 Å². The van der Waals surface area contributed by atoms with Gasteiger partial charge in [0, 0.05) is 148 Å². The molecule has 0 spiro atoms. The number of benzene rings is 8. The second kappa shape index (κ2) is 51.6. The van der Waals surface area contributed by atoms with Crippen molar-refractivity contribution in [1.29, 1.82) is 0 Å². The van der Waals surface area contributed by atoms with Crippen LogP contribution >= 0.6 is 0 Å². The fourth-order valence-electron chi connectivity index (χ4n) is 26.9. The van der Waals surface area contributed by atoms with E-state index in [4.69, 9.17) is 118 Å². The third kappa shape index (κ3) is 23.0. The molecule has 144 heavy (non-hydrogen) atoms. The third-order valence-corrected chi connectivity index (χ3v) is 33.4. The first-order valence-electron chi connectivity index (χ1n) is 54.9. The second-order valence-corrected chi connectivity index (χ2v) is 41.7. The lowest BCUT2D eigenvalue weighted by Gasteiger charge is -2.53. The van der Waals surface area contributed by atoms with Crippen LogP contribution in [0.2, 0.25) is 0 Å². The number of ether oxygens (including phenoxy) is 16. The lowest BCUT2D eigenvalue weighted by Crippen LogP contribution is -2.62. The average molecular weight is 1980 g/mol. The molecule has 8 bridgehead atoms. The molecule has 9 fully saturated rings. The maximum absolute atomic E-state index is 8.20. The summed E-state index contributed by atoms with van der Waals surface area (Å²) in [7, 11) is 14.2. The zero-order valence-corrected chi connectivity index (χ0v) is 88.5. The van der Waals surface area contributed by atoms with Crippen molar-refractivity contribution in [2.24, 2.45) is 47.3 Å². The maximum Gasteiger partial charge on any atom is 0.119 e. The van der Waals surface area contributed by atoms with E-state index in [1.165, 1.54) is 0 Å². The molecular formula is C120H168N8O16. The Labute approximate surface area is 858 Å². The van der Waals surface area contributed by atoms with E-state index in [0.717, 1.165) is 193 Å². The van der Waals surface area contributed by atoms with Crippen LogP contribution in [0.1, 0.15) is 250 Å². The molecule has 8 aromatic carbocycles. The summed E-state index contributed by atoms with van der Waals surface area (Å²) in [5, 5.41) is 38.2. The van der Waals surface area contributed by atoms with Crippen molar-refractivity contribution >= 4 is 0 Å². The number of nitrogens with one attached hydrogen (secondary N) is 8. The number of unbranched alkanes of at least 4 members (excludes halogenated alkanes) is 8. The third-order valence-electron chi connectivity index (χ3n) is 33.4. The maximum atomic E-state index is 8.20. The number of rotatable bonds is 48. The van der Waals surface area contributed by atoms with Crippen molar-refractivity contribution in [2.75, 3.05) is 110 Å². The molecule has 0 radical (unpaired) electrons. The van der Waals surface area contributed by atoms with Gasteiger partial charge in [-0.3, -0.25) is 42.5 Å². The summed E-state index contributed by atoms with van der Waals surface area (Å²) in [6.07, 6.45) is 6.07. The minimum atomic E-state index is -0.532. The molecule has 8 N–H and O–H groups in total. The SMILES string of the molecule is CCCCOC1C(c2cccc(OC)c2)C(c2cccc(OC)c2)C(OCCCC)C2C3NC(NC4NC(NC5NC(NC6NC(N3)C3C(OCCCC)C(c7cccc(OC)c7)C(c7cccc(OC)c7)C(OCCCC)C63)C3C(OCCCC)C(c6cccc(OC)c6)C(c6cccc(OC)c6)C(OCCCC)C53)C3C(OCCCC)C(c5cccc(OC)c5)C(c5cccc(OC)c5)C(OCCCC)C43)C12. The largest absolute Gasteiger partial charge is 0.497 e. The Hall–Kier alpha value is -8.48. The smallest absolute Gasteiger partial charge is 0.119 e. The van der Waals surface area contributed by atoms with Gasteiger partial charge < -0.3 is 75.8 Å². The quantitative estimate of drug-likeness (QED) is 0.0165. The Morgan fingerprint density at radius 1 is 0.167 bits per heavy atom. The Kier molecular flexibility index (Phi) is 38.3. The van der Waals surface area contributed by atoms with Gasteiger partial charge in [-0.15, -0.1) is 0 Å². The van der Waals surface area contributed by atoms with E-state index in [1.807, 2.05) is 0 Å². The summed E-state index contributed by atoms with van der Waals surface area (Å²) in [5.74, 6) is 0.838. The van der Waals surface area contributed by atoms with Crippen molar-refractivity contribution in [3.05, 3.63) is 239 Å². The predicted molar refractivity (Wildman–Crippen MR) is 566 cm³/mol. The minimum absolute atomic E-state index is 0.320. The highest BCUT2D eigenvalue weighted by molar-refractivity contribution is 5.48. The van der Waals surface area contributed by atoms with Gasteiger partial charge in [0.05, 0.1) is 155 Å². The molecule has 4 aliphatic carbocycles. The first-order chi connectivity index (χ1) is 70.8. The zero-order chi connectivity index (χ0) is 100. The Bertz CT molecular complexity index is 4330. The number of hydrogen-bond donors (Lipinski definition) is 8. The van der Waals surface area contributed by atoms with E-state index >= 15 is 0 Å². The van der Waals surface area contributed by atoms with Gasteiger partial charge in [0.2, 0.25) is 0 Å². The molecule has 0 aromatic heterocycles. The van der Waals surface area contributed by atoms with Crippen LogP contribution in [-0.2, 0) is 37.9 Å². The van der Waals surface area contributed by atoms with Crippen LogP contribution in [0.3, 0.4) is 0 Å². The summed E-state index contributed by atoms with van der Waals surface area (Å²) in [6.45, 7) is 22.3. The van der Waals surface area contributed by atoms with Crippen molar-refractivity contribution in [2.45, 2.75) is 304 Å². The standard InChI is InChI=1S/C120H168N8O16/c1-17-25-57-137-105-89(73-41-33-49-81(65-73)129-9)90(74-42-34-50-82(66-74)130-10)106(138-58-26-18-2)98-97(105)113-121-114(98)126-116-101-102(110(142-62-30-22-6)94(78-46-38-54-86(70-78)134-14)93(109(101)141-61-29-21-5)77-45-37-53-85(69-77)133-13)118(123-116)128-120-104-103(111(143-63-31-23-7)95(79-47-39-55-87(71-79)135-15)96(112(104)144-64-32-24-8)80-48-40-56-88(72-80)136-16)119(124-120)127-117-100-99(115(122-117)125-113)107(139-59-27-19-3)91(75-43-35-51-83(67-75)131-11)92(108(100)140-60-28-20-4)76-44-36-52-84(68-76)132-12/h33-56,65-72,89-128H,17-32,57-64H2,1-16H3. The normalized spacial score (nSPS) is 32.6. The molecule has 17 rings (SSSR count). The van der Waals surface area contributed by atoms with Gasteiger partial charge in [0.15, 0.2) is 0 Å². The number of methoxy groups -OCH3 is 8. The highest BCUT2D eigenvalue weighted by Gasteiger charge is 2.70. The summed E-state index contributed by atoms with van der Waals surface area (Å²) in [4.78, 5) is 0. The van der Waals surface area contributed by atoms with E-state index in [0.29, 0.717) is 52.9 Å². The van der Waals surface area contributed by atoms with E-state index in [2.05, 4.69) is 250 Å². The Morgan fingerprint density at radius 2 is 0.278 bits per heavy atom. The van der Waals surface area contributed by atoms with Gasteiger partial charge in [-0.1, -0.05) is 204 Å². The van der Waals surface area contributed by atoms with Gasteiger partial charge in [0.1, 0.15) is 46.0 Å². The highest BCUT2D eigenvalue weighted by Crippen LogP contribution is 2.63. The molecule has 5 saturated heterocycles. The molecule has 24 atom stereocenters. The molecule has 8 aromatic rings. The van der Waals surface area contributed by atoms with E-state index in [9.17, 15) is 0 Å². The van der Waals surface area contributed by atoms with Gasteiger partial charge in [-0.25, -0.2) is 0 Å². The zero-order valence-electron chi connectivity index (χ0n) is 88.5. The summed E-state index contributed by atoms with van der Waals surface area (Å²) >= 11 is 0. The lowest BCUT2D eigenvalue weighted by atomic mass is 9.59. The van der Waals surface area contributed by atoms with Gasteiger partial charge >= 0.3 is 0 Å². The first kappa shape index (κ1) is 107. The summed E-state index contributed by atoms with van der Waals surface area (Å²) in [5.41, 5.74) is 8.82.